The minimum atomic E-state index is -0.517. The van der Waals surface area contributed by atoms with Gasteiger partial charge in [-0.05, 0) is 63.8 Å². The zero-order valence-corrected chi connectivity index (χ0v) is 17.0. The zero-order chi connectivity index (χ0) is 18.7. The molecule has 1 unspecified atom stereocenters. The van der Waals surface area contributed by atoms with Crippen LogP contribution in [0.25, 0.3) is 0 Å². The SMILES string of the molecule is CCC1(OCc2cc(F)ccc2Br)CCCN(C(=O)OC(C)(C)C)C1. The van der Waals surface area contributed by atoms with Crippen molar-refractivity contribution in [3.05, 3.63) is 34.1 Å². The molecule has 4 nitrogen and oxygen atoms in total. The lowest BCUT2D eigenvalue weighted by molar-refractivity contribution is -0.102. The van der Waals surface area contributed by atoms with Gasteiger partial charge in [-0.1, -0.05) is 22.9 Å². The zero-order valence-electron chi connectivity index (χ0n) is 15.4. The normalized spacial score (nSPS) is 21.3. The molecule has 1 heterocycles. The first-order valence-corrected chi connectivity index (χ1v) is 9.49. The van der Waals surface area contributed by atoms with Crippen molar-refractivity contribution in [2.75, 3.05) is 13.1 Å². The van der Waals surface area contributed by atoms with Gasteiger partial charge in [0.2, 0.25) is 0 Å². The number of nitrogens with zero attached hydrogens (tertiary/aromatic N) is 1. The molecule has 0 spiro atoms. The molecule has 1 amide bonds. The van der Waals surface area contributed by atoms with Crippen LogP contribution in [0.5, 0.6) is 0 Å². The first-order valence-electron chi connectivity index (χ1n) is 8.70. The van der Waals surface area contributed by atoms with Crippen LogP contribution in [0.15, 0.2) is 22.7 Å². The van der Waals surface area contributed by atoms with Crippen molar-refractivity contribution in [2.24, 2.45) is 0 Å². The second-order valence-electron chi connectivity index (χ2n) is 7.57. The third-order valence-electron chi connectivity index (χ3n) is 4.38. The van der Waals surface area contributed by atoms with Crippen LogP contribution in [0, 0.1) is 5.82 Å². The van der Waals surface area contributed by atoms with Gasteiger partial charge in [0.25, 0.3) is 0 Å². The Hall–Kier alpha value is -1.14. The predicted molar refractivity (Wildman–Crippen MR) is 99.0 cm³/mol. The molecule has 1 aliphatic rings. The predicted octanol–water partition coefficient (Wildman–Crippen LogP) is 5.28. The molecule has 1 atom stereocenters. The van der Waals surface area contributed by atoms with E-state index in [1.165, 1.54) is 12.1 Å². The summed E-state index contributed by atoms with van der Waals surface area (Å²) in [6.07, 6.45) is 2.20. The first kappa shape index (κ1) is 20.2. The highest BCUT2D eigenvalue weighted by Gasteiger charge is 2.38. The molecule has 1 aromatic carbocycles. The first-order chi connectivity index (χ1) is 11.6. The van der Waals surface area contributed by atoms with Crippen molar-refractivity contribution in [1.82, 2.24) is 4.90 Å². The van der Waals surface area contributed by atoms with E-state index < -0.39 is 11.2 Å². The molecular formula is C19H27BrFNO3. The van der Waals surface area contributed by atoms with Gasteiger partial charge in [0.05, 0.1) is 18.8 Å². The molecule has 1 aliphatic heterocycles. The molecule has 0 saturated carbocycles. The number of hydrogen-bond donors (Lipinski definition) is 0. The highest BCUT2D eigenvalue weighted by molar-refractivity contribution is 9.10. The number of halogens is 2. The lowest BCUT2D eigenvalue weighted by Crippen LogP contribution is -2.52. The Morgan fingerprint density at radius 1 is 1.40 bits per heavy atom. The second kappa shape index (κ2) is 8.04. The Labute approximate surface area is 157 Å². The summed E-state index contributed by atoms with van der Waals surface area (Å²) in [6.45, 7) is 9.10. The van der Waals surface area contributed by atoms with Crippen molar-refractivity contribution in [3.63, 3.8) is 0 Å². The number of rotatable bonds is 4. The Kier molecular flexibility index (Phi) is 6.49. The number of carbonyl (C=O) groups is 1. The molecule has 0 radical (unpaired) electrons. The van der Waals surface area contributed by atoms with E-state index in [0.717, 1.165) is 29.3 Å². The highest BCUT2D eigenvalue weighted by Crippen LogP contribution is 2.31. The fourth-order valence-corrected chi connectivity index (χ4v) is 3.33. The number of carbonyl (C=O) groups excluding carboxylic acids is 1. The van der Waals surface area contributed by atoms with E-state index in [-0.39, 0.29) is 11.9 Å². The molecule has 1 aromatic rings. The average Bonchev–Trinajstić information content (AvgIpc) is 2.54. The number of hydrogen-bond acceptors (Lipinski definition) is 3. The van der Waals surface area contributed by atoms with Gasteiger partial charge >= 0.3 is 6.09 Å². The van der Waals surface area contributed by atoms with Crippen molar-refractivity contribution in [3.8, 4) is 0 Å². The minimum Gasteiger partial charge on any atom is -0.444 e. The summed E-state index contributed by atoms with van der Waals surface area (Å²) in [7, 11) is 0. The number of likely N-dealkylation sites (tertiary alicyclic amines) is 1. The van der Waals surface area contributed by atoms with Crippen LogP contribution in [0.1, 0.15) is 52.5 Å². The second-order valence-corrected chi connectivity index (χ2v) is 8.42. The van der Waals surface area contributed by atoms with Gasteiger partial charge in [0, 0.05) is 11.0 Å². The number of benzene rings is 1. The molecule has 0 aromatic heterocycles. The van der Waals surface area contributed by atoms with Crippen LogP contribution in [-0.4, -0.2) is 35.3 Å². The standard InChI is InChI=1S/C19H27BrFNO3/c1-5-19(24-12-14-11-15(21)7-8-16(14)20)9-6-10-22(13-19)17(23)25-18(2,3)4/h7-8,11H,5-6,9-10,12-13H2,1-4H3. The lowest BCUT2D eigenvalue weighted by Gasteiger charge is -2.42. The molecule has 1 fully saturated rings. The summed E-state index contributed by atoms with van der Waals surface area (Å²) < 4.78 is 26.0. The maximum absolute atomic E-state index is 13.5. The Balaban J connectivity index is 2.05. The molecule has 0 bridgehead atoms. The Morgan fingerprint density at radius 3 is 2.76 bits per heavy atom. The maximum atomic E-state index is 13.5. The van der Waals surface area contributed by atoms with Gasteiger partial charge in [-0.3, -0.25) is 0 Å². The van der Waals surface area contributed by atoms with E-state index in [2.05, 4.69) is 22.9 Å². The van der Waals surface area contributed by atoms with Crippen LogP contribution in [0.4, 0.5) is 9.18 Å². The third kappa shape index (κ3) is 5.68. The van der Waals surface area contributed by atoms with Crippen LogP contribution < -0.4 is 0 Å². The molecular weight excluding hydrogens is 389 g/mol. The summed E-state index contributed by atoms with van der Waals surface area (Å²) in [6, 6.07) is 4.57. The van der Waals surface area contributed by atoms with Gasteiger partial charge in [0.1, 0.15) is 11.4 Å². The van der Waals surface area contributed by atoms with Crippen molar-refractivity contribution in [1.29, 1.82) is 0 Å². The number of piperidine rings is 1. The summed E-state index contributed by atoms with van der Waals surface area (Å²) in [5.41, 5.74) is -0.181. The van der Waals surface area contributed by atoms with E-state index in [1.807, 2.05) is 20.8 Å². The third-order valence-corrected chi connectivity index (χ3v) is 5.15. The summed E-state index contributed by atoms with van der Waals surface area (Å²) in [5.74, 6) is -0.286. The number of ether oxygens (including phenoxy) is 2. The molecule has 1 saturated heterocycles. The quantitative estimate of drug-likeness (QED) is 0.670. The van der Waals surface area contributed by atoms with E-state index in [9.17, 15) is 9.18 Å². The largest absolute Gasteiger partial charge is 0.444 e. The molecule has 2 rings (SSSR count). The highest BCUT2D eigenvalue weighted by atomic mass is 79.9. The van der Waals surface area contributed by atoms with Gasteiger partial charge < -0.3 is 14.4 Å². The monoisotopic (exact) mass is 415 g/mol. The lowest BCUT2D eigenvalue weighted by atomic mass is 9.90. The average molecular weight is 416 g/mol. The van der Waals surface area contributed by atoms with E-state index >= 15 is 0 Å². The van der Waals surface area contributed by atoms with Gasteiger partial charge in [-0.2, -0.15) is 0 Å². The van der Waals surface area contributed by atoms with E-state index in [1.54, 1.807) is 11.0 Å². The van der Waals surface area contributed by atoms with Gasteiger partial charge in [0.15, 0.2) is 0 Å². The number of amides is 1. The summed E-state index contributed by atoms with van der Waals surface area (Å²) >= 11 is 3.43. The Bertz CT molecular complexity index is 617. The van der Waals surface area contributed by atoms with Gasteiger partial charge in [-0.25, -0.2) is 9.18 Å². The maximum Gasteiger partial charge on any atom is 0.410 e. The fourth-order valence-electron chi connectivity index (χ4n) is 2.97. The molecule has 6 heteroatoms. The minimum absolute atomic E-state index is 0.286. The van der Waals surface area contributed by atoms with Crippen LogP contribution >= 0.6 is 15.9 Å². The van der Waals surface area contributed by atoms with Crippen LogP contribution in [0.3, 0.4) is 0 Å². The van der Waals surface area contributed by atoms with Gasteiger partial charge in [-0.15, -0.1) is 0 Å². The van der Waals surface area contributed by atoms with E-state index in [0.29, 0.717) is 19.7 Å². The molecule has 140 valence electrons. The van der Waals surface area contributed by atoms with E-state index in [4.69, 9.17) is 9.47 Å². The summed E-state index contributed by atoms with van der Waals surface area (Å²) in [5, 5.41) is 0. The van der Waals surface area contributed by atoms with Crippen molar-refractivity contribution >= 4 is 22.0 Å². The van der Waals surface area contributed by atoms with Crippen molar-refractivity contribution < 1.29 is 18.7 Å². The van der Waals surface area contributed by atoms with Crippen LogP contribution in [-0.2, 0) is 16.1 Å². The Morgan fingerprint density at radius 2 is 2.12 bits per heavy atom. The van der Waals surface area contributed by atoms with Crippen molar-refractivity contribution in [2.45, 2.75) is 64.8 Å². The fraction of sp³-hybridized carbons (Fsp3) is 0.632. The van der Waals surface area contributed by atoms with Crippen LogP contribution in [0.2, 0.25) is 0 Å². The molecule has 0 N–H and O–H groups in total. The molecule has 25 heavy (non-hydrogen) atoms. The topological polar surface area (TPSA) is 38.8 Å². The summed E-state index contributed by atoms with van der Waals surface area (Å²) in [4.78, 5) is 14.1. The molecule has 0 aliphatic carbocycles. The smallest absolute Gasteiger partial charge is 0.410 e.